The second-order valence-corrected chi connectivity index (χ2v) is 3.13. The highest BCUT2D eigenvalue weighted by Gasteiger charge is 2.22. The molecule has 0 aliphatic rings. The van der Waals surface area contributed by atoms with Crippen LogP contribution in [0.1, 0.15) is 20.7 Å². The van der Waals surface area contributed by atoms with Crippen LogP contribution < -0.4 is 10.5 Å². The molecule has 92 valence electrons. The zero-order valence-corrected chi connectivity index (χ0v) is 9.77. The van der Waals surface area contributed by atoms with Gasteiger partial charge < -0.3 is 19.9 Å². The topological polar surface area (TPSA) is 87.9 Å². The summed E-state index contributed by atoms with van der Waals surface area (Å²) in [6.07, 6.45) is 0. The van der Waals surface area contributed by atoms with Crippen LogP contribution in [0.2, 0.25) is 0 Å². The molecule has 0 spiro atoms. The third-order valence-corrected chi connectivity index (χ3v) is 2.13. The number of nitrogen functional groups attached to an aromatic ring is 1. The van der Waals surface area contributed by atoms with Crippen LogP contribution in [-0.4, -0.2) is 33.3 Å². The highest BCUT2D eigenvalue weighted by Crippen LogP contribution is 2.28. The van der Waals surface area contributed by atoms with E-state index in [-0.39, 0.29) is 22.6 Å². The lowest BCUT2D eigenvalue weighted by Gasteiger charge is -2.12. The van der Waals surface area contributed by atoms with Gasteiger partial charge in [-0.15, -0.1) is 0 Å². The van der Waals surface area contributed by atoms with E-state index >= 15 is 0 Å². The smallest absolute Gasteiger partial charge is 0.341 e. The minimum absolute atomic E-state index is 0.0791. The molecular formula is C11H13NO5. The molecule has 6 nitrogen and oxygen atoms in total. The largest absolute Gasteiger partial charge is 0.495 e. The first kappa shape index (κ1) is 12.8. The number of benzene rings is 1. The van der Waals surface area contributed by atoms with Gasteiger partial charge in [-0.2, -0.15) is 0 Å². The number of hydrogen-bond donors (Lipinski definition) is 1. The average molecular weight is 239 g/mol. The number of carbonyl (C=O) groups excluding carboxylic acids is 2. The fourth-order valence-electron chi connectivity index (χ4n) is 1.39. The van der Waals surface area contributed by atoms with E-state index in [2.05, 4.69) is 9.47 Å². The molecule has 0 aliphatic carbocycles. The minimum atomic E-state index is -0.640. The van der Waals surface area contributed by atoms with E-state index in [1.165, 1.54) is 33.5 Å². The van der Waals surface area contributed by atoms with Crippen LogP contribution in [-0.2, 0) is 9.47 Å². The molecule has 0 aliphatic heterocycles. The van der Waals surface area contributed by atoms with Crippen LogP contribution in [0.4, 0.5) is 5.69 Å². The van der Waals surface area contributed by atoms with E-state index in [4.69, 9.17) is 10.5 Å². The van der Waals surface area contributed by atoms with Gasteiger partial charge in [-0.25, -0.2) is 9.59 Å². The Hall–Kier alpha value is -2.24. The summed E-state index contributed by atoms with van der Waals surface area (Å²) in [6, 6.07) is 2.74. The van der Waals surface area contributed by atoms with Gasteiger partial charge in [0.1, 0.15) is 16.9 Å². The van der Waals surface area contributed by atoms with Crippen molar-refractivity contribution in [3.63, 3.8) is 0 Å². The average Bonchev–Trinajstić information content (AvgIpc) is 2.35. The molecule has 0 saturated carbocycles. The molecule has 0 fully saturated rings. The number of nitrogens with two attached hydrogens (primary N) is 1. The van der Waals surface area contributed by atoms with E-state index in [1.807, 2.05) is 0 Å². The van der Waals surface area contributed by atoms with Crippen molar-refractivity contribution < 1.29 is 23.8 Å². The Labute approximate surface area is 98.3 Å². The highest BCUT2D eigenvalue weighted by atomic mass is 16.5. The Morgan fingerprint density at radius 3 is 1.71 bits per heavy atom. The zero-order valence-electron chi connectivity index (χ0n) is 9.77. The Morgan fingerprint density at radius 1 is 1.00 bits per heavy atom. The van der Waals surface area contributed by atoms with Crippen molar-refractivity contribution in [1.82, 2.24) is 0 Å². The van der Waals surface area contributed by atoms with Gasteiger partial charge in [0.15, 0.2) is 0 Å². The summed E-state index contributed by atoms with van der Waals surface area (Å²) in [5.74, 6) is -1.20. The first-order valence-corrected chi connectivity index (χ1v) is 4.69. The van der Waals surface area contributed by atoms with E-state index in [9.17, 15) is 9.59 Å². The molecule has 2 N–H and O–H groups in total. The number of anilines is 1. The third-order valence-electron chi connectivity index (χ3n) is 2.13. The molecule has 17 heavy (non-hydrogen) atoms. The van der Waals surface area contributed by atoms with Crippen LogP contribution in [0.25, 0.3) is 0 Å². The number of hydrogen-bond acceptors (Lipinski definition) is 6. The number of esters is 2. The van der Waals surface area contributed by atoms with Gasteiger partial charge >= 0.3 is 11.9 Å². The van der Waals surface area contributed by atoms with Crippen LogP contribution >= 0.6 is 0 Å². The summed E-state index contributed by atoms with van der Waals surface area (Å²) in [5.41, 5.74) is 6.00. The molecule has 0 aromatic heterocycles. The molecule has 6 heteroatoms. The lowest BCUT2D eigenvalue weighted by Crippen LogP contribution is -2.11. The van der Waals surface area contributed by atoms with Gasteiger partial charge in [-0.05, 0) is 12.1 Å². The van der Waals surface area contributed by atoms with Crippen molar-refractivity contribution in [3.8, 4) is 5.75 Å². The second kappa shape index (κ2) is 5.20. The standard InChI is InChI=1S/C11H13NO5/c1-15-9-7(10(13)16-2)4-6(12)5-8(9)11(14)17-3/h4-5H,12H2,1-3H3. The van der Waals surface area contributed by atoms with Crippen molar-refractivity contribution in [3.05, 3.63) is 23.3 Å². The Balaban J connectivity index is 3.45. The lowest BCUT2D eigenvalue weighted by atomic mass is 10.1. The molecule has 0 radical (unpaired) electrons. The molecular weight excluding hydrogens is 226 g/mol. The fraction of sp³-hybridized carbons (Fsp3) is 0.273. The minimum Gasteiger partial charge on any atom is -0.495 e. The fourth-order valence-corrected chi connectivity index (χ4v) is 1.39. The number of carbonyl (C=O) groups is 2. The maximum atomic E-state index is 11.5. The number of ether oxygens (including phenoxy) is 3. The maximum absolute atomic E-state index is 11.5. The summed E-state index contributed by atoms with van der Waals surface area (Å²) in [6.45, 7) is 0. The van der Waals surface area contributed by atoms with Crippen LogP contribution in [0, 0.1) is 0 Å². The predicted molar refractivity (Wildman–Crippen MR) is 60.1 cm³/mol. The Kier molecular flexibility index (Phi) is 3.92. The predicted octanol–water partition coefficient (Wildman–Crippen LogP) is 0.851. The summed E-state index contributed by atoms with van der Waals surface area (Å²) < 4.78 is 14.2. The SMILES string of the molecule is COC(=O)c1cc(N)cc(C(=O)OC)c1OC. The second-order valence-electron chi connectivity index (χ2n) is 3.13. The highest BCUT2D eigenvalue weighted by molar-refractivity contribution is 6.01. The van der Waals surface area contributed by atoms with E-state index in [0.717, 1.165) is 0 Å². The Bertz CT molecular complexity index is 418. The van der Waals surface area contributed by atoms with Crippen LogP contribution in [0.5, 0.6) is 5.75 Å². The molecule has 0 unspecified atom stereocenters. The van der Waals surface area contributed by atoms with Crippen molar-refractivity contribution in [2.45, 2.75) is 0 Å². The van der Waals surface area contributed by atoms with Gasteiger partial charge in [-0.1, -0.05) is 0 Å². The molecule has 0 amide bonds. The van der Waals surface area contributed by atoms with Crippen molar-refractivity contribution in [2.75, 3.05) is 27.1 Å². The first-order valence-electron chi connectivity index (χ1n) is 4.69. The van der Waals surface area contributed by atoms with Crippen LogP contribution in [0.15, 0.2) is 12.1 Å². The van der Waals surface area contributed by atoms with Gasteiger partial charge in [0.2, 0.25) is 0 Å². The zero-order chi connectivity index (χ0) is 13.0. The third kappa shape index (κ3) is 2.47. The van der Waals surface area contributed by atoms with Crippen LogP contribution in [0.3, 0.4) is 0 Å². The molecule has 1 rings (SSSR count). The summed E-state index contributed by atoms with van der Waals surface area (Å²) in [4.78, 5) is 23.0. The first-order chi connectivity index (χ1) is 8.04. The van der Waals surface area contributed by atoms with Crippen molar-refractivity contribution >= 4 is 17.6 Å². The van der Waals surface area contributed by atoms with E-state index < -0.39 is 11.9 Å². The van der Waals surface area contributed by atoms with Crippen molar-refractivity contribution in [1.29, 1.82) is 0 Å². The van der Waals surface area contributed by atoms with E-state index in [1.54, 1.807) is 0 Å². The van der Waals surface area contributed by atoms with Gasteiger partial charge in [0.05, 0.1) is 21.3 Å². The van der Waals surface area contributed by atoms with Gasteiger partial charge in [0.25, 0.3) is 0 Å². The van der Waals surface area contributed by atoms with Gasteiger partial charge in [-0.3, -0.25) is 0 Å². The molecule has 0 saturated heterocycles. The normalized spacial score (nSPS) is 9.59. The van der Waals surface area contributed by atoms with E-state index in [0.29, 0.717) is 0 Å². The summed E-state index contributed by atoms with van der Waals surface area (Å²) >= 11 is 0. The maximum Gasteiger partial charge on any atom is 0.341 e. The van der Waals surface area contributed by atoms with Crippen molar-refractivity contribution in [2.24, 2.45) is 0 Å². The monoisotopic (exact) mass is 239 g/mol. The number of methoxy groups -OCH3 is 3. The summed E-state index contributed by atoms with van der Waals surface area (Å²) in [5, 5.41) is 0. The molecule has 0 bridgehead atoms. The van der Waals surface area contributed by atoms with Gasteiger partial charge in [0, 0.05) is 5.69 Å². The lowest BCUT2D eigenvalue weighted by molar-refractivity contribution is 0.0592. The number of rotatable bonds is 3. The quantitative estimate of drug-likeness (QED) is 0.621. The Morgan fingerprint density at radius 2 is 1.41 bits per heavy atom. The summed E-state index contributed by atoms with van der Waals surface area (Å²) in [7, 11) is 3.79. The molecule has 0 heterocycles. The molecule has 1 aromatic carbocycles. The molecule has 0 atom stereocenters. The molecule has 1 aromatic rings.